The van der Waals surface area contributed by atoms with Gasteiger partial charge in [-0.3, -0.25) is 4.79 Å². The zero-order valence-corrected chi connectivity index (χ0v) is 14.9. The van der Waals surface area contributed by atoms with Crippen LogP contribution in [0.1, 0.15) is 25.7 Å². The topological polar surface area (TPSA) is 57.7 Å². The Balaban J connectivity index is 1.51. The van der Waals surface area contributed by atoms with Gasteiger partial charge >= 0.3 is 0 Å². The minimum Gasteiger partial charge on any atom is -0.341 e. The van der Waals surface area contributed by atoms with E-state index in [2.05, 4.69) is 4.90 Å². The van der Waals surface area contributed by atoms with E-state index in [1.54, 1.807) is 24.3 Å². The molecule has 0 bridgehead atoms. The van der Waals surface area contributed by atoms with Crippen molar-refractivity contribution in [2.45, 2.75) is 30.6 Å². The molecule has 0 radical (unpaired) electrons. The minimum atomic E-state index is -3.23. The molecule has 0 atom stereocenters. The van der Waals surface area contributed by atoms with E-state index in [1.165, 1.54) is 6.42 Å². The maximum atomic E-state index is 12.4. The average molecular weight is 350 g/mol. The van der Waals surface area contributed by atoms with Gasteiger partial charge in [0.15, 0.2) is 9.84 Å². The molecule has 1 aromatic rings. The monoisotopic (exact) mass is 350 g/mol. The largest absolute Gasteiger partial charge is 0.341 e. The molecule has 1 heterocycles. The molecule has 3 rings (SSSR count). The molecule has 1 amide bonds. The third-order valence-electron chi connectivity index (χ3n) is 5.13. The zero-order chi connectivity index (χ0) is 17.0. The standard InChI is InChI=1S/C18H26N2O3S/c21-18(16-6-4-7-16)20-11-5-10-19(12-13-20)14-15-24(22,23)17-8-2-1-3-9-17/h1-3,8-9,16H,4-7,10-15H2. The number of nitrogens with zero attached hydrogens (tertiary/aromatic N) is 2. The molecule has 1 saturated heterocycles. The molecule has 0 unspecified atom stereocenters. The number of sulfone groups is 1. The van der Waals surface area contributed by atoms with Gasteiger partial charge < -0.3 is 9.80 Å². The van der Waals surface area contributed by atoms with E-state index in [0.717, 1.165) is 45.4 Å². The second-order valence-corrected chi connectivity index (χ2v) is 8.89. The molecule has 1 aliphatic heterocycles. The molecule has 1 saturated carbocycles. The lowest BCUT2D eigenvalue weighted by Gasteiger charge is -2.31. The lowest BCUT2D eigenvalue weighted by atomic mass is 9.84. The zero-order valence-electron chi connectivity index (χ0n) is 14.1. The number of hydrogen-bond acceptors (Lipinski definition) is 4. The number of carbonyl (C=O) groups excluding carboxylic acids is 1. The highest BCUT2D eigenvalue weighted by molar-refractivity contribution is 7.91. The summed E-state index contributed by atoms with van der Waals surface area (Å²) in [7, 11) is -3.23. The van der Waals surface area contributed by atoms with Crippen LogP contribution < -0.4 is 0 Å². The van der Waals surface area contributed by atoms with Crippen molar-refractivity contribution in [2.24, 2.45) is 5.92 Å². The lowest BCUT2D eigenvalue weighted by Crippen LogP contribution is -2.41. The van der Waals surface area contributed by atoms with Gasteiger partial charge in [0.05, 0.1) is 10.6 Å². The first kappa shape index (κ1) is 17.4. The fourth-order valence-electron chi connectivity index (χ4n) is 3.32. The van der Waals surface area contributed by atoms with Gasteiger partial charge in [-0.15, -0.1) is 0 Å². The third-order valence-corrected chi connectivity index (χ3v) is 6.84. The summed E-state index contributed by atoms with van der Waals surface area (Å²) >= 11 is 0. The van der Waals surface area contributed by atoms with Crippen LogP contribution in [0, 0.1) is 5.92 Å². The Kier molecular flexibility index (Phi) is 5.56. The summed E-state index contributed by atoms with van der Waals surface area (Å²) in [6.07, 6.45) is 4.17. The smallest absolute Gasteiger partial charge is 0.225 e. The van der Waals surface area contributed by atoms with Crippen LogP contribution in [-0.4, -0.2) is 62.6 Å². The maximum Gasteiger partial charge on any atom is 0.225 e. The van der Waals surface area contributed by atoms with Crippen LogP contribution in [0.15, 0.2) is 35.2 Å². The van der Waals surface area contributed by atoms with E-state index in [4.69, 9.17) is 0 Å². The van der Waals surface area contributed by atoms with Crippen molar-refractivity contribution in [3.05, 3.63) is 30.3 Å². The number of rotatable bonds is 5. The van der Waals surface area contributed by atoms with Gasteiger partial charge in [-0.25, -0.2) is 8.42 Å². The summed E-state index contributed by atoms with van der Waals surface area (Å²) < 4.78 is 24.8. The Morgan fingerprint density at radius 3 is 2.42 bits per heavy atom. The van der Waals surface area contributed by atoms with Crippen LogP contribution >= 0.6 is 0 Å². The summed E-state index contributed by atoms with van der Waals surface area (Å²) in [4.78, 5) is 16.9. The van der Waals surface area contributed by atoms with Crippen LogP contribution in [0.2, 0.25) is 0 Å². The molecule has 0 aromatic heterocycles. The third kappa shape index (κ3) is 4.16. The Hall–Kier alpha value is -1.40. The first-order valence-corrected chi connectivity index (χ1v) is 10.5. The quantitative estimate of drug-likeness (QED) is 0.812. The van der Waals surface area contributed by atoms with Crippen molar-refractivity contribution >= 4 is 15.7 Å². The highest BCUT2D eigenvalue weighted by Gasteiger charge is 2.30. The van der Waals surface area contributed by atoms with Crippen molar-refractivity contribution in [1.82, 2.24) is 9.80 Å². The number of hydrogen-bond donors (Lipinski definition) is 0. The minimum absolute atomic E-state index is 0.133. The predicted molar refractivity (Wildman–Crippen MR) is 93.5 cm³/mol. The van der Waals surface area contributed by atoms with E-state index >= 15 is 0 Å². The molecular formula is C18H26N2O3S. The molecule has 1 aliphatic carbocycles. The molecule has 6 heteroatoms. The molecule has 2 aliphatic rings. The fourth-order valence-corrected chi connectivity index (χ4v) is 4.63. The highest BCUT2D eigenvalue weighted by Crippen LogP contribution is 2.28. The van der Waals surface area contributed by atoms with Gasteiger partial charge in [-0.2, -0.15) is 0 Å². The van der Waals surface area contributed by atoms with Gasteiger partial charge in [0.25, 0.3) is 0 Å². The first-order chi connectivity index (χ1) is 11.6. The summed E-state index contributed by atoms with van der Waals surface area (Å²) in [5.41, 5.74) is 0. The highest BCUT2D eigenvalue weighted by atomic mass is 32.2. The van der Waals surface area contributed by atoms with Crippen LogP contribution in [0.3, 0.4) is 0 Å². The number of amides is 1. The first-order valence-electron chi connectivity index (χ1n) is 8.85. The summed E-state index contributed by atoms with van der Waals surface area (Å²) in [6.45, 7) is 3.68. The lowest BCUT2D eigenvalue weighted by molar-refractivity contribution is -0.138. The molecule has 132 valence electrons. The second-order valence-electron chi connectivity index (χ2n) is 6.78. The summed E-state index contributed by atoms with van der Waals surface area (Å²) in [5, 5.41) is 0. The molecule has 2 fully saturated rings. The summed E-state index contributed by atoms with van der Waals surface area (Å²) in [5.74, 6) is 0.683. The number of benzene rings is 1. The average Bonchev–Trinajstić information content (AvgIpc) is 2.78. The molecule has 0 spiro atoms. The van der Waals surface area contributed by atoms with Crippen LogP contribution in [0.25, 0.3) is 0 Å². The number of carbonyl (C=O) groups is 1. The Bertz CT molecular complexity index is 656. The van der Waals surface area contributed by atoms with Gasteiger partial charge in [-0.05, 0) is 37.9 Å². The normalized spacial score (nSPS) is 20.4. The van der Waals surface area contributed by atoms with Gasteiger partial charge in [0, 0.05) is 32.1 Å². The van der Waals surface area contributed by atoms with Gasteiger partial charge in [-0.1, -0.05) is 24.6 Å². The molecule has 0 N–H and O–H groups in total. The van der Waals surface area contributed by atoms with E-state index in [1.807, 2.05) is 11.0 Å². The van der Waals surface area contributed by atoms with Crippen LogP contribution in [-0.2, 0) is 14.6 Å². The Morgan fingerprint density at radius 2 is 1.75 bits per heavy atom. The predicted octanol–water partition coefficient (Wildman–Crippen LogP) is 1.79. The SMILES string of the molecule is O=C(C1CCC1)N1CCCN(CCS(=O)(=O)c2ccccc2)CC1. The molecular weight excluding hydrogens is 324 g/mol. The Labute approximate surface area is 144 Å². The van der Waals surface area contributed by atoms with Crippen LogP contribution in [0.4, 0.5) is 0 Å². The van der Waals surface area contributed by atoms with Crippen molar-refractivity contribution < 1.29 is 13.2 Å². The van der Waals surface area contributed by atoms with Gasteiger partial charge in [0.1, 0.15) is 0 Å². The van der Waals surface area contributed by atoms with Crippen LogP contribution in [0.5, 0.6) is 0 Å². The van der Waals surface area contributed by atoms with E-state index in [0.29, 0.717) is 17.3 Å². The summed E-state index contributed by atoms with van der Waals surface area (Å²) in [6, 6.07) is 8.63. The van der Waals surface area contributed by atoms with E-state index in [-0.39, 0.29) is 11.7 Å². The molecule has 24 heavy (non-hydrogen) atoms. The van der Waals surface area contributed by atoms with Crippen molar-refractivity contribution in [3.8, 4) is 0 Å². The van der Waals surface area contributed by atoms with E-state index in [9.17, 15) is 13.2 Å². The second kappa shape index (κ2) is 7.66. The maximum absolute atomic E-state index is 12.4. The van der Waals surface area contributed by atoms with Crippen molar-refractivity contribution in [2.75, 3.05) is 38.5 Å². The van der Waals surface area contributed by atoms with Crippen molar-refractivity contribution in [3.63, 3.8) is 0 Å². The van der Waals surface area contributed by atoms with Crippen molar-refractivity contribution in [1.29, 1.82) is 0 Å². The van der Waals surface area contributed by atoms with E-state index < -0.39 is 9.84 Å². The molecule has 1 aromatic carbocycles. The van der Waals surface area contributed by atoms with Gasteiger partial charge in [0.2, 0.25) is 5.91 Å². The fraction of sp³-hybridized carbons (Fsp3) is 0.611. The molecule has 5 nitrogen and oxygen atoms in total. The Morgan fingerprint density at radius 1 is 1.00 bits per heavy atom.